The van der Waals surface area contributed by atoms with Crippen LogP contribution in [0.5, 0.6) is 0 Å². The number of carbonyl (C=O) groups is 1. The van der Waals surface area contributed by atoms with E-state index in [1.54, 1.807) is 6.21 Å². The van der Waals surface area contributed by atoms with E-state index in [0.717, 1.165) is 42.6 Å². The van der Waals surface area contributed by atoms with E-state index in [2.05, 4.69) is 51.0 Å². The van der Waals surface area contributed by atoms with E-state index in [9.17, 15) is 4.79 Å². The molecule has 2 aromatic rings. The smallest absolute Gasteiger partial charge is 0.254 e. The molecule has 0 bridgehead atoms. The van der Waals surface area contributed by atoms with Gasteiger partial charge < -0.3 is 15.6 Å². The minimum Gasteiger partial charge on any atom is -0.364 e. The zero-order valence-electron chi connectivity index (χ0n) is 18.6. The third-order valence-corrected chi connectivity index (χ3v) is 5.46. The van der Waals surface area contributed by atoms with E-state index in [0.29, 0.717) is 27.8 Å². The van der Waals surface area contributed by atoms with Gasteiger partial charge in [0.05, 0.1) is 17.3 Å². The topological polar surface area (TPSA) is 95.1 Å². The number of hydrogen-bond acceptors (Lipinski definition) is 5. The number of aliphatic imine (C=N–C) groups is 1. The summed E-state index contributed by atoms with van der Waals surface area (Å²) in [5.74, 6) is 1.08. The van der Waals surface area contributed by atoms with Crippen LogP contribution < -0.4 is 21.2 Å². The number of H-pyrrole nitrogens is 1. The summed E-state index contributed by atoms with van der Waals surface area (Å²) in [6, 6.07) is 0. The van der Waals surface area contributed by atoms with Crippen molar-refractivity contribution in [3.05, 3.63) is 45.1 Å². The van der Waals surface area contributed by atoms with Gasteiger partial charge in [0.25, 0.3) is 5.91 Å². The minimum absolute atomic E-state index is 0.0266. The first-order chi connectivity index (χ1) is 14.3. The molecule has 7 nitrogen and oxygen atoms in total. The summed E-state index contributed by atoms with van der Waals surface area (Å²) in [5, 5.41) is 7.83. The molecule has 160 valence electrons. The maximum Gasteiger partial charge on any atom is 0.254 e. The Morgan fingerprint density at radius 2 is 2.13 bits per heavy atom. The Morgan fingerprint density at radius 3 is 2.73 bits per heavy atom. The molecule has 1 aliphatic rings. The van der Waals surface area contributed by atoms with Crippen LogP contribution in [0.4, 0.5) is 0 Å². The van der Waals surface area contributed by atoms with Crippen molar-refractivity contribution in [1.29, 1.82) is 0 Å². The van der Waals surface area contributed by atoms with Crippen LogP contribution in [0.15, 0.2) is 11.2 Å². The highest BCUT2D eigenvalue weighted by Crippen LogP contribution is 2.35. The molecule has 1 aliphatic carbocycles. The Labute approximate surface area is 177 Å². The maximum absolute atomic E-state index is 13.1. The molecule has 3 N–H and O–H groups in total. The molecule has 1 saturated carbocycles. The van der Waals surface area contributed by atoms with Crippen molar-refractivity contribution >= 4 is 24.5 Å². The zero-order chi connectivity index (χ0) is 21.9. The van der Waals surface area contributed by atoms with Crippen LogP contribution in [0.3, 0.4) is 0 Å². The second kappa shape index (κ2) is 8.81. The van der Waals surface area contributed by atoms with Crippen LogP contribution in [0.1, 0.15) is 73.2 Å². The maximum atomic E-state index is 13.1. The van der Waals surface area contributed by atoms with Crippen LogP contribution in [0.2, 0.25) is 0 Å². The summed E-state index contributed by atoms with van der Waals surface area (Å²) in [6.07, 6.45) is 7.76. The quantitative estimate of drug-likeness (QED) is 0.583. The van der Waals surface area contributed by atoms with Gasteiger partial charge in [-0.05, 0) is 52.5 Å². The van der Waals surface area contributed by atoms with Gasteiger partial charge in [0.1, 0.15) is 11.6 Å². The number of hydrogen-bond donors (Lipinski definition) is 3. The number of carbonyl (C=O) groups excluding carboxylic acids is 1. The molecule has 0 spiro atoms. The SMILES string of the molecule is C=c1[nH]c(C)c(C(=O)NCc2ncc(CCC)c(C)n2)/c1=C(/N=C\C)NC1(C)CC1. The lowest BCUT2D eigenvalue weighted by Gasteiger charge is -2.14. The fourth-order valence-electron chi connectivity index (χ4n) is 3.51. The number of nitrogens with one attached hydrogen (secondary N) is 3. The zero-order valence-corrected chi connectivity index (χ0v) is 18.6. The normalized spacial score (nSPS) is 15.9. The van der Waals surface area contributed by atoms with Crippen LogP contribution in [-0.4, -0.2) is 32.6 Å². The summed E-state index contributed by atoms with van der Waals surface area (Å²) < 4.78 is 0. The molecule has 0 unspecified atom stereocenters. The standard InChI is InChI=1S/C23H32N6O/c1-7-9-17-12-25-18(28-14(17)3)13-26-22(30)20-16(5)27-15(4)19(20)21(24-8-2)29-23(6)10-11-23/h8,12,27,29H,4,7,9-11,13H2,1-3,5-6H3,(H,26,30)/b21-19-,24-8-. The van der Waals surface area contributed by atoms with Crippen LogP contribution >= 0.6 is 0 Å². The molecule has 30 heavy (non-hydrogen) atoms. The van der Waals surface area contributed by atoms with Gasteiger partial charge in [-0.1, -0.05) is 19.9 Å². The highest BCUT2D eigenvalue weighted by molar-refractivity contribution is 5.96. The highest BCUT2D eigenvalue weighted by atomic mass is 16.1. The van der Waals surface area contributed by atoms with Gasteiger partial charge in [-0.15, -0.1) is 0 Å². The molecule has 0 aromatic carbocycles. The summed E-state index contributed by atoms with van der Waals surface area (Å²) in [4.78, 5) is 29.8. The van der Waals surface area contributed by atoms with Gasteiger partial charge in [-0.25, -0.2) is 15.0 Å². The largest absolute Gasteiger partial charge is 0.364 e. The summed E-state index contributed by atoms with van der Waals surface area (Å²) in [6.45, 7) is 14.4. The summed E-state index contributed by atoms with van der Waals surface area (Å²) >= 11 is 0. The van der Waals surface area contributed by atoms with Crippen molar-refractivity contribution in [2.24, 2.45) is 4.99 Å². The number of amides is 1. The van der Waals surface area contributed by atoms with Crippen molar-refractivity contribution in [3.8, 4) is 0 Å². The highest BCUT2D eigenvalue weighted by Gasteiger charge is 2.38. The first kappa shape index (κ1) is 21.7. The lowest BCUT2D eigenvalue weighted by molar-refractivity contribution is 0.0948. The molecule has 0 saturated heterocycles. The predicted octanol–water partition coefficient (Wildman–Crippen LogP) is 2.01. The Balaban J connectivity index is 1.89. The fourth-order valence-corrected chi connectivity index (χ4v) is 3.51. The number of nitrogens with zero attached hydrogens (tertiary/aromatic N) is 3. The van der Waals surface area contributed by atoms with E-state index in [-0.39, 0.29) is 18.0 Å². The number of rotatable bonds is 8. The van der Waals surface area contributed by atoms with E-state index in [1.807, 2.05) is 27.0 Å². The predicted molar refractivity (Wildman–Crippen MR) is 121 cm³/mol. The monoisotopic (exact) mass is 408 g/mol. The number of aromatic nitrogens is 3. The second-order valence-corrected chi connectivity index (χ2v) is 8.23. The minimum atomic E-state index is -0.195. The summed E-state index contributed by atoms with van der Waals surface area (Å²) in [5.41, 5.74) is 3.45. The Hall–Kier alpha value is -2.96. The molecule has 0 radical (unpaired) electrons. The van der Waals surface area contributed by atoms with Crippen molar-refractivity contribution in [3.63, 3.8) is 0 Å². The average molecular weight is 409 g/mol. The van der Waals surface area contributed by atoms with Gasteiger partial charge in [-0.2, -0.15) is 0 Å². The molecular weight excluding hydrogens is 376 g/mol. The molecule has 1 fully saturated rings. The molecule has 2 heterocycles. The Morgan fingerprint density at radius 1 is 1.40 bits per heavy atom. The molecule has 3 rings (SSSR count). The molecule has 0 aliphatic heterocycles. The fraction of sp³-hybridized carbons (Fsp3) is 0.478. The lowest BCUT2D eigenvalue weighted by Crippen LogP contribution is -2.39. The lowest BCUT2D eigenvalue weighted by atomic mass is 10.1. The molecular formula is C23H32N6O. The third kappa shape index (κ3) is 4.78. The van der Waals surface area contributed by atoms with E-state index in [4.69, 9.17) is 0 Å². The van der Waals surface area contributed by atoms with Gasteiger partial charge in [0, 0.05) is 34.7 Å². The van der Waals surface area contributed by atoms with Gasteiger partial charge in [-0.3, -0.25) is 4.79 Å². The van der Waals surface area contributed by atoms with Crippen LogP contribution in [0, 0.1) is 13.8 Å². The van der Waals surface area contributed by atoms with E-state index >= 15 is 0 Å². The van der Waals surface area contributed by atoms with Crippen LogP contribution in [0.25, 0.3) is 12.4 Å². The number of aryl methyl sites for hydroxylation is 3. The molecule has 1 amide bonds. The first-order valence-corrected chi connectivity index (χ1v) is 10.6. The van der Waals surface area contributed by atoms with Crippen molar-refractivity contribution in [2.75, 3.05) is 0 Å². The average Bonchev–Trinajstić information content (AvgIpc) is 3.33. The Bertz CT molecular complexity index is 1080. The summed E-state index contributed by atoms with van der Waals surface area (Å²) in [7, 11) is 0. The molecule has 2 aromatic heterocycles. The van der Waals surface area contributed by atoms with E-state index < -0.39 is 0 Å². The van der Waals surface area contributed by atoms with Crippen LogP contribution in [-0.2, 0) is 13.0 Å². The first-order valence-electron chi connectivity index (χ1n) is 10.6. The van der Waals surface area contributed by atoms with Crippen molar-refractivity contribution < 1.29 is 4.79 Å². The molecule has 7 heteroatoms. The Kier molecular flexibility index (Phi) is 6.39. The number of aromatic amines is 1. The third-order valence-electron chi connectivity index (χ3n) is 5.46. The van der Waals surface area contributed by atoms with Crippen molar-refractivity contribution in [1.82, 2.24) is 25.6 Å². The van der Waals surface area contributed by atoms with Gasteiger partial charge in [0.2, 0.25) is 0 Å². The molecule has 0 atom stereocenters. The van der Waals surface area contributed by atoms with Gasteiger partial charge in [0.15, 0.2) is 0 Å². The second-order valence-electron chi connectivity index (χ2n) is 8.23. The van der Waals surface area contributed by atoms with E-state index in [1.165, 1.54) is 0 Å². The van der Waals surface area contributed by atoms with Crippen molar-refractivity contribution in [2.45, 2.75) is 72.4 Å². The van der Waals surface area contributed by atoms with Gasteiger partial charge >= 0.3 is 0 Å².